The summed E-state index contributed by atoms with van der Waals surface area (Å²) in [5.41, 5.74) is 2.57. The van der Waals surface area contributed by atoms with Crippen molar-refractivity contribution in [2.75, 3.05) is 17.8 Å². The third-order valence-electron chi connectivity index (χ3n) is 4.99. The van der Waals surface area contributed by atoms with Crippen LogP contribution < -0.4 is 4.72 Å². The number of aryl methyl sites for hydroxylation is 1. The lowest BCUT2D eigenvalue weighted by Crippen LogP contribution is -2.29. The van der Waals surface area contributed by atoms with E-state index in [1.54, 1.807) is 42.2 Å². The molecule has 1 aliphatic heterocycles. The predicted octanol–water partition coefficient (Wildman–Crippen LogP) is 4.16. The number of benzene rings is 2. The van der Waals surface area contributed by atoms with Crippen LogP contribution in [0.1, 0.15) is 54.1 Å². The molecule has 5 nitrogen and oxygen atoms in total. The van der Waals surface area contributed by atoms with Crippen LogP contribution >= 0.6 is 0 Å². The van der Waals surface area contributed by atoms with E-state index < -0.39 is 10.0 Å². The molecule has 0 saturated carbocycles. The maximum atomic E-state index is 12.9. The molecule has 144 valence electrons. The van der Waals surface area contributed by atoms with Crippen LogP contribution in [0.25, 0.3) is 0 Å². The highest BCUT2D eigenvalue weighted by molar-refractivity contribution is 7.92. The number of likely N-dealkylation sites (tertiary alicyclic amines) is 1. The molecule has 1 amide bonds. The summed E-state index contributed by atoms with van der Waals surface area (Å²) < 4.78 is 28.4. The SMILES string of the molecule is Cc1cccc(C(=O)N2CCCC2)c1NS(=O)(=O)c1ccc(C(C)C)cc1. The zero-order chi connectivity index (χ0) is 19.6. The average Bonchev–Trinajstić information content (AvgIpc) is 3.17. The lowest BCUT2D eigenvalue weighted by atomic mass is 10.0. The average molecular weight is 387 g/mol. The van der Waals surface area contributed by atoms with Crippen LogP contribution in [-0.2, 0) is 10.0 Å². The highest BCUT2D eigenvalue weighted by atomic mass is 32.2. The third-order valence-corrected chi connectivity index (χ3v) is 6.36. The molecule has 27 heavy (non-hydrogen) atoms. The maximum Gasteiger partial charge on any atom is 0.261 e. The van der Waals surface area contributed by atoms with Crippen molar-refractivity contribution in [3.63, 3.8) is 0 Å². The number of carbonyl (C=O) groups excluding carboxylic acids is 1. The normalized spacial score (nSPS) is 14.6. The van der Waals surface area contributed by atoms with Crippen molar-refractivity contribution in [3.8, 4) is 0 Å². The molecular weight excluding hydrogens is 360 g/mol. The van der Waals surface area contributed by atoms with Gasteiger partial charge in [0, 0.05) is 13.1 Å². The first kappa shape index (κ1) is 19.4. The minimum absolute atomic E-state index is 0.121. The van der Waals surface area contributed by atoms with E-state index in [1.807, 2.05) is 12.1 Å². The van der Waals surface area contributed by atoms with Gasteiger partial charge in [-0.15, -0.1) is 0 Å². The number of anilines is 1. The summed E-state index contributed by atoms with van der Waals surface area (Å²) in [4.78, 5) is 14.8. The van der Waals surface area contributed by atoms with Gasteiger partial charge in [-0.2, -0.15) is 0 Å². The number of sulfonamides is 1. The number of rotatable bonds is 5. The van der Waals surface area contributed by atoms with E-state index in [2.05, 4.69) is 18.6 Å². The Morgan fingerprint density at radius 1 is 1.04 bits per heavy atom. The van der Waals surface area contributed by atoms with Crippen molar-refractivity contribution in [2.24, 2.45) is 0 Å². The Kier molecular flexibility index (Phi) is 5.56. The highest BCUT2D eigenvalue weighted by Gasteiger charge is 2.25. The summed E-state index contributed by atoms with van der Waals surface area (Å²) in [6, 6.07) is 12.2. The Hall–Kier alpha value is -2.34. The van der Waals surface area contributed by atoms with Crippen LogP contribution in [0, 0.1) is 6.92 Å². The van der Waals surface area contributed by atoms with Gasteiger partial charge in [0.25, 0.3) is 15.9 Å². The van der Waals surface area contributed by atoms with Gasteiger partial charge in [0.1, 0.15) is 0 Å². The summed E-state index contributed by atoms with van der Waals surface area (Å²) in [7, 11) is -3.78. The maximum absolute atomic E-state index is 12.9. The lowest BCUT2D eigenvalue weighted by molar-refractivity contribution is 0.0794. The van der Waals surface area contributed by atoms with E-state index in [0.29, 0.717) is 17.2 Å². The first-order valence-corrected chi connectivity index (χ1v) is 10.8. The van der Waals surface area contributed by atoms with E-state index in [9.17, 15) is 13.2 Å². The lowest BCUT2D eigenvalue weighted by Gasteiger charge is -2.20. The summed E-state index contributed by atoms with van der Waals surface area (Å²) in [5, 5.41) is 0. The molecule has 0 aliphatic carbocycles. The standard InChI is InChI=1S/C21H26N2O3S/c1-15(2)17-9-11-18(12-10-17)27(25,26)22-20-16(3)7-6-8-19(20)21(24)23-13-4-5-14-23/h6-12,15,22H,4-5,13-14H2,1-3H3. The molecule has 1 fully saturated rings. The fraction of sp³-hybridized carbons (Fsp3) is 0.381. The summed E-state index contributed by atoms with van der Waals surface area (Å²) in [6.07, 6.45) is 1.97. The summed E-state index contributed by atoms with van der Waals surface area (Å²) in [5.74, 6) is 0.208. The molecule has 6 heteroatoms. The molecule has 0 radical (unpaired) electrons. The van der Waals surface area contributed by atoms with Gasteiger partial charge in [-0.1, -0.05) is 38.1 Å². The molecule has 0 aromatic heterocycles. The molecule has 0 bridgehead atoms. The predicted molar refractivity (Wildman–Crippen MR) is 108 cm³/mol. The monoisotopic (exact) mass is 386 g/mol. The Morgan fingerprint density at radius 3 is 2.26 bits per heavy atom. The zero-order valence-corrected chi connectivity index (χ0v) is 16.8. The summed E-state index contributed by atoms with van der Waals surface area (Å²) in [6.45, 7) is 7.36. The van der Waals surface area contributed by atoms with Crippen LogP contribution in [0.2, 0.25) is 0 Å². The molecule has 3 rings (SSSR count). The molecule has 1 saturated heterocycles. The first-order valence-electron chi connectivity index (χ1n) is 9.31. The number of nitrogens with zero attached hydrogens (tertiary/aromatic N) is 1. The van der Waals surface area contributed by atoms with Crippen molar-refractivity contribution < 1.29 is 13.2 Å². The Bertz CT molecular complexity index is 928. The fourth-order valence-corrected chi connectivity index (χ4v) is 4.45. The zero-order valence-electron chi connectivity index (χ0n) is 16.0. The fourth-order valence-electron chi connectivity index (χ4n) is 3.30. The molecule has 1 aliphatic rings. The summed E-state index contributed by atoms with van der Waals surface area (Å²) >= 11 is 0. The smallest absolute Gasteiger partial charge is 0.261 e. The minimum Gasteiger partial charge on any atom is -0.339 e. The van der Waals surface area contributed by atoms with E-state index in [-0.39, 0.29) is 10.8 Å². The molecule has 1 N–H and O–H groups in total. The topological polar surface area (TPSA) is 66.5 Å². The van der Waals surface area contributed by atoms with Crippen LogP contribution in [0.15, 0.2) is 47.4 Å². The number of carbonyl (C=O) groups is 1. The molecule has 0 unspecified atom stereocenters. The van der Waals surface area contributed by atoms with E-state index in [1.165, 1.54) is 0 Å². The Labute approximate surface area is 161 Å². The molecule has 0 atom stereocenters. The molecule has 0 spiro atoms. The van der Waals surface area contributed by atoms with Crippen molar-refractivity contribution in [3.05, 3.63) is 59.2 Å². The van der Waals surface area contributed by atoms with Gasteiger partial charge < -0.3 is 4.90 Å². The third kappa shape index (κ3) is 4.16. The first-order chi connectivity index (χ1) is 12.8. The van der Waals surface area contributed by atoms with Crippen molar-refractivity contribution in [1.29, 1.82) is 0 Å². The van der Waals surface area contributed by atoms with Gasteiger partial charge in [-0.25, -0.2) is 8.42 Å². The number of amides is 1. The van der Waals surface area contributed by atoms with E-state index in [0.717, 1.165) is 37.1 Å². The number of hydrogen-bond acceptors (Lipinski definition) is 3. The molecule has 1 heterocycles. The van der Waals surface area contributed by atoms with Crippen LogP contribution in [0.5, 0.6) is 0 Å². The second-order valence-corrected chi connectivity index (χ2v) is 9.01. The second-order valence-electron chi connectivity index (χ2n) is 7.33. The number of hydrogen-bond donors (Lipinski definition) is 1. The Morgan fingerprint density at radius 2 is 1.67 bits per heavy atom. The number of nitrogens with one attached hydrogen (secondary N) is 1. The van der Waals surface area contributed by atoms with Gasteiger partial charge >= 0.3 is 0 Å². The quantitative estimate of drug-likeness (QED) is 0.839. The molecular formula is C21H26N2O3S. The second kappa shape index (κ2) is 7.72. The van der Waals surface area contributed by atoms with Gasteiger partial charge in [-0.05, 0) is 55.0 Å². The van der Waals surface area contributed by atoms with E-state index in [4.69, 9.17) is 0 Å². The van der Waals surface area contributed by atoms with Crippen LogP contribution in [0.4, 0.5) is 5.69 Å². The van der Waals surface area contributed by atoms with Gasteiger partial charge in [0.2, 0.25) is 0 Å². The molecule has 2 aromatic rings. The van der Waals surface area contributed by atoms with E-state index >= 15 is 0 Å². The highest BCUT2D eigenvalue weighted by Crippen LogP contribution is 2.27. The largest absolute Gasteiger partial charge is 0.339 e. The van der Waals surface area contributed by atoms with Crippen molar-refractivity contribution >= 4 is 21.6 Å². The van der Waals surface area contributed by atoms with Crippen LogP contribution in [0.3, 0.4) is 0 Å². The molecule has 2 aromatic carbocycles. The number of para-hydroxylation sites is 1. The van der Waals surface area contributed by atoms with Gasteiger partial charge in [-0.3, -0.25) is 9.52 Å². The van der Waals surface area contributed by atoms with Gasteiger partial charge in [0.15, 0.2) is 0 Å². The van der Waals surface area contributed by atoms with Gasteiger partial charge in [0.05, 0.1) is 16.1 Å². The minimum atomic E-state index is -3.78. The van der Waals surface area contributed by atoms with Crippen LogP contribution in [-0.4, -0.2) is 32.3 Å². The van der Waals surface area contributed by atoms with Crippen molar-refractivity contribution in [1.82, 2.24) is 4.90 Å². The Balaban J connectivity index is 1.93. The van der Waals surface area contributed by atoms with Crippen molar-refractivity contribution in [2.45, 2.75) is 44.4 Å².